The van der Waals surface area contributed by atoms with Gasteiger partial charge in [-0.1, -0.05) is 87.0 Å². The normalized spacial score (nSPS) is 12.1. The third-order valence-corrected chi connectivity index (χ3v) is 7.49. The van der Waals surface area contributed by atoms with Gasteiger partial charge < -0.3 is 10.6 Å². The van der Waals surface area contributed by atoms with E-state index in [1.165, 1.54) is 28.7 Å². The average molecular weight is 530 g/mol. The second-order valence-electron chi connectivity index (χ2n) is 10.1. The van der Waals surface area contributed by atoms with E-state index in [0.717, 1.165) is 21.7 Å². The molecule has 3 aromatic carbocycles. The number of anilines is 2. The van der Waals surface area contributed by atoms with E-state index in [2.05, 4.69) is 27.8 Å². The van der Waals surface area contributed by atoms with Crippen LogP contribution in [0.25, 0.3) is 11.3 Å². The molecular formula is C30H31N3O2S2. The van der Waals surface area contributed by atoms with Crippen LogP contribution in [0.2, 0.25) is 0 Å². The Labute approximate surface area is 226 Å². The van der Waals surface area contributed by atoms with Gasteiger partial charge in [0.15, 0.2) is 5.13 Å². The fourth-order valence-electron chi connectivity index (χ4n) is 3.73. The van der Waals surface area contributed by atoms with E-state index in [-0.39, 0.29) is 17.2 Å². The highest BCUT2D eigenvalue weighted by molar-refractivity contribution is 8.00. The standard InChI is InChI=1S/C30H31N3O2S2/c1-20-13-15-21(16-14-20)25-19-36-29(32-25)33-28(35)27(22-9-6-5-7-10-22)37-24-12-8-11-23(17-24)31-26(34)18-30(2,3)4/h5-17,19,27H,18H2,1-4H3,(H,31,34)(H,32,33,35). The van der Waals surface area contributed by atoms with Crippen LogP contribution in [0.15, 0.2) is 89.1 Å². The summed E-state index contributed by atoms with van der Waals surface area (Å²) >= 11 is 2.85. The molecule has 190 valence electrons. The number of amides is 2. The summed E-state index contributed by atoms with van der Waals surface area (Å²) in [6.45, 7) is 8.16. The molecule has 0 spiro atoms. The first-order chi connectivity index (χ1) is 17.7. The van der Waals surface area contributed by atoms with Crippen molar-refractivity contribution in [2.75, 3.05) is 10.6 Å². The number of hydrogen-bond donors (Lipinski definition) is 2. The Morgan fingerprint density at radius 3 is 2.38 bits per heavy atom. The largest absolute Gasteiger partial charge is 0.326 e. The van der Waals surface area contributed by atoms with Gasteiger partial charge in [0.1, 0.15) is 5.25 Å². The topological polar surface area (TPSA) is 71.1 Å². The first-order valence-electron chi connectivity index (χ1n) is 12.1. The molecule has 1 unspecified atom stereocenters. The van der Waals surface area contributed by atoms with Crippen molar-refractivity contribution in [1.82, 2.24) is 4.98 Å². The van der Waals surface area contributed by atoms with E-state index in [4.69, 9.17) is 0 Å². The van der Waals surface area contributed by atoms with Gasteiger partial charge in [0.05, 0.1) is 5.69 Å². The van der Waals surface area contributed by atoms with E-state index in [0.29, 0.717) is 17.2 Å². The first-order valence-corrected chi connectivity index (χ1v) is 13.9. The van der Waals surface area contributed by atoms with Gasteiger partial charge in [0.2, 0.25) is 11.8 Å². The van der Waals surface area contributed by atoms with Crippen molar-refractivity contribution in [1.29, 1.82) is 0 Å². The molecule has 4 aromatic rings. The van der Waals surface area contributed by atoms with Gasteiger partial charge >= 0.3 is 0 Å². The lowest BCUT2D eigenvalue weighted by Crippen LogP contribution is -2.20. The van der Waals surface area contributed by atoms with E-state index in [1.807, 2.05) is 99.8 Å². The van der Waals surface area contributed by atoms with Crippen molar-refractivity contribution in [2.24, 2.45) is 5.41 Å². The molecule has 1 heterocycles. The number of aryl methyl sites for hydroxylation is 1. The zero-order valence-electron chi connectivity index (χ0n) is 21.4. The fraction of sp³-hybridized carbons (Fsp3) is 0.233. The van der Waals surface area contributed by atoms with E-state index >= 15 is 0 Å². The van der Waals surface area contributed by atoms with Crippen molar-refractivity contribution in [3.8, 4) is 11.3 Å². The number of benzene rings is 3. The molecule has 4 rings (SSSR count). The maximum Gasteiger partial charge on any atom is 0.244 e. The monoisotopic (exact) mass is 529 g/mol. The van der Waals surface area contributed by atoms with Crippen molar-refractivity contribution in [2.45, 2.75) is 44.3 Å². The van der Waals surface area contributed by atoms with Crippen LogP contribution in [0.3, 0.4) is 0 Å². The molecule has 0 fully saturated rings. The molecule has 0 radical (unpaired) electrons. The van der Waals surface area contributed by atoms with Gasteiger partial charge in [0, 0.05) is 27.9 Å². The van der Waals surface area contributed by atoms with E-state index in [9.17, 15) is 9.59 Å². The molecule has 37 heavy (non-hydrogen) atoms. The number of carbonyl (C=O) groups is 2. The zero-order chi connectivity index (χ0) is 26.4. The molecule has 0 bridgehead atoms. The molecule has 5 nitrogen and oxygen atoms in total. The fourth-order valence-corrected chi connectivity index (χ4v) is 5.54. The van der Waals surface area contributed by atoms with Gasteiger partial charge in [-0.3, -0.25) is 9.59 Å². The molecule has 0 saturated heterocycles. The van der Waals surface area contributed by atoms with Gasteiger partial charge in [-0.25, -0.2) is 4.98 Å². The predicted octanol–water partition coefficient (Wildman–Crippen LogP) is 7.97. The molecule has 1 atom stereocenters. The highest BCUT2D eigenvalue weighted by Gasteiger charge is 2.24. The molecule has 2 amide bonds. The van der Waals surface area contributed by atoms with Crippen molar-refractivity contribution in [3.63, 3.8) is 0 Å². The predicted molar refractivity (Wildman–Crippen MR) is 155 cm³/mol. The minimum Gasteiger partial charge on any atom is -0.326 e. The van der Waals surface area contributed by atoms with Crippen molar-refractivity contribution < 1.29 is 9.59 Å². The smallest absolute Gasteiger partial charge is 0.244 e. The third kappa shape index (κ3) is 7.78. The SMILES string of the molecule is Cc1ccc(-c2csc(NC(=O)C(Sc3cccc(NC(=O)CC(C)(C)C)c3)c3ccccc3)n2)cc1. The summed E-state index contributed by atoms with van der Waals surface area (Å²) in [4.78, 5) is 31.4. The number of hydrogen-bond acceptors (Lipinski definition) is 5. The van der Waals surface area contributed by atoms with Gasteiger partial charge in [0.25, 0.3) is 0 Å². The molecular weight excluding hydrogens is 498 g/mol. The number of nitrogens with zero attached hydrogens (tertiary/aromatic N) is 1. The maximum atomic E-state index is 13.5. The molecule has 0 saturated carbocycles. The Morgan fingerprint density at radius 2 is 1.68 bits per heavy atom. The maximum absolute atomic E-state index is 13.5. The Kier molecular flexibility index (Phi) is 8.46. The number of aromatic nitrogens is 1. The second kappa shape index (κ2) is 11.8. The van der Waals surface area contributed by atoms with Crippen LogP contribution in [0.4, 0.5) is 10.8 Å². The number of carbonyl (C=O) groups excluding carboxylic acids is 2. The average Bonchev–Trinajstić information content (AvgIpc) is 3.31. The highest BCUT2D eigenvalue weighted by Crippen LogP contribution is 2.38. The summed E-state index contributed by atoms with van der Waals surface area (Å²) in [6, 6.07) is 25.5. The molecule has 0 aliphatic rings. The second-order valence-corrected chi connectivity index (χ2v) is 12.2. The minimum absolute atomic E-state index is 0.0276. The summed E-state index contributed by atoms with van der Waals surface area (Å²) in [5.74, 6) is -0.177. The van der Waals surface area contributed by atoms with Gasteiger partial charge in [-0.2, -0.15) is 0 Å². The van der Waals surface area contributed by atoms with Crippen LogP contribution in [0.1, 0.15) is 43.6 Å². The summed E-state index contributed by atoms with van der Waals surface area (Å²) in [5.41, 5.74) is 4.55. The number of nitrogens with one attached hydrogen (secondary N) is 2. The van der Waals surface area contributed by atoms with Gasteiger partial charge in [-0.15, -0.1) is 23.1 Å². The zero-order valence-corrected chi connectivity index (χ0v) is 23.1. The molecule has 0 aliphatic heterocycles. The minimum atomic E-state index is -0.492. The van der Waals surface area contributed by atoms with Crippen molar-refractivity contribution in [3.05, 3.63) is 95.4 Å². The Morgan fingerprint density at radius 1 is 0.946 bits per heavy atom. The summed E-state index contributed by atoms with van der Waals surface area (Å²) in [7, 11) is 0. The lowest BCUT2D eigenvalue weighted by molar-refractivity contribution is -0.118. The molecule has 0 aliphatic carbocycles. The Bertz CT molecular complexity index is 1360. The summed E-state index contributed by atoms with van der Waals surface area (Å²) < 4.78 is 0. The van der Waals surface area contributed by atoms with Crippen LogP contribution in [-0.4, -0.2) is 16.8 Å². The quantitative estimate of drug-likeness (QED) is 0.227. The van der Waals surface area contributed by atoms with E-state index < -0.39 is 5.25 Å². The third-order valence-electron chi connectivity index (χ3n) is 5.48. The lowest BCUT2D eigenvalue weighted by atomic mass is 9.92. The van der Waals surface area contributed by atoms with Crippen LogP contribution in [0, 0.1) is 12.3 Å². The Balaban J connectivity index is 1.51. The molecule has 1 aromatic heterocycles. The lowest BCUT2D eigenvalue weighted by Gasteiger charge is -2.18. The van der Waals surface area contributed by atoms with E-state index in [1.54, 1.807) is 0 Å². The number of thioether (sulfide) groups is 1. The summed E-state index contributed by atoms with van der Waals surface area (Å²) in [6.07, 6.45) is 0.428. The van der Waals surface area contributed by atoms with Crippen molar-refractivity contribution >= 4 is 45.7 Å². The highest BCUT2D eigenvalue weighted by atomic mass is 32.2. The molecule has 7 heteroatoms. The number of thiazole rings is 1. The number of rotatable bonds is 8. The Hall–Kier alpha value is -3.42. The van der Waals surface area contributed by atoms with Crippen LogP contribution >= 0.6 is 23.1 Å². The first kappa shape index (κ1) is 26.6. The van der Waals surface area contributed by atoms with Crippen LogP contribution in [0.5, 0.6) is 0 Å². The summed E-state index contributed by atoms with van der Waals surface area (Å²) in [5, 5.41) is 8.02. The van der Waals surface area contributed by atoms with Crippen LogP contribution in [-0.2, 0) is 9.59 Å². The van der Waals surface area contributed by atoms with Gasteiger partial charge in [-0.05, 0) is 36.1 Å². The molecule has 2 N–H and O–H groups in total. The van der Waals surface area contributed by atoms with Crippen LogP contribution < -0.4 is 10.6 Å².